The van der Waals surface area contributed by atoms with Crippen molar-refractivity contribution in [2.75, 3.05) is 17.7 Å². The van der Waals surface area contributed by atoms with Crippen LogP contribution in [0.3, 0.4) is 0 Å². The van der Waals surface area contributed by atoms with E-state index in [-0.39, 0.29) is 15.7 Å². The van der Waals surface area contributed by atoms with Crippen molar-refractivity contribution in [3.8, 4) is 0 Å². The summed E-state index contributed by atoms with van der Waals surface area (Å²) in [6.07, 6.45) is 0. The van der Waals surface area contributed by atoms with Crippen molar-refractivity contribution >= 4 is 39.4 Å². The number of nitrogens with one attached hydrogen (secondary N) is 3. The molecule has 1 aromatic carbocycles. The fourth-order valence-electron chi connectivity index (χ4n) is 1.57. The van der Waals surface area contributed by atoms with Crippen LogP contribution in [0.5, 0.6) is 0 Å². The lowest BCUT2D eigenvalue weighted by Gasteiger charge is -2.09. The predicted octanol–water partition coefficient (Wildman–Crippen LogP) is 1.82. The summed E-state index contributed by atoms with van der Waals surface area (Å²) in [6, 6.07) is 5.44. The summed E-state index contributed by atoms with van der Waals surface area (Å²) in [5.41, 5.74) is 0. The Labute approximate surface area is 136 Å². The second-order valence-electron chi connectivity index (χ2n) is 4.14. The molecule has 2 aromatic rings. The first-order valence-corrected chi connectivity index (χ1v) is 7.98. The number of hydrogen-bond acceptors (Lipinski definition) is 6. The molecule has 0 atom stereocenters. The number of amides is 2. The summed E-state index contributed by atoms with van der Waals surface area (Å²) in [4.78, 5) is 18.6. The third-order valence-electron chi connectivity index (χ3n) is 2.53. The van der Waals surface area contributed by atoms with Gasteiger partial charge in [-0.25, -0.2) is 17.9 Å². The van der Waals surface area contributed by atoms with Gasteiger partial charge in [-0.1, -0.05) is 23.7 Å². The summed E-state index contributed by atoms with van der Waals surface area (Å²) in [5.74, 6) is -1.18. The lowest BCUT2D eigenvalue weighted by atomic mass is 10.4. The van der Waals surface area contributed by atoms with Gasteiger partial charge in [0.2, 0.25) is 11.9 Å². The minimum Gasteiger partial charge on any atom is -0.373 e. The Hall–Kier alpha value is -2.46. The van der Waals surface area contributed by atoms with E-state index in [0.717, 1.165) is 6.07 Å². The quantitative estimate of drug-likeness (QED) is 0.718. The third-order valence-corrected chi connectivity index (χ3v) is 4.36. The molecule has 2 rings (SSSR count). The van der Waals surface area contributed by atoms with Crippen LogP contribution in [0.2, 0.25) is 5.02 Å². The number of benzene rings is 1. The number of aromatic nitrogens is 2. The zero-order chi connectivity index (χ0) is 17.0. The second-order valence-corrected chi connectivity index (χ2v) is 6.20. The molecule has 0 aliphatic heterocycles. The molecule has 8 nitrogen and oxygen atoms in total. The second kappa shape index (κ2) is 6.75. The SMILES string of the molecule is CNc1cc(F)nc(NC(=O)NS(=O)(=O)c2ccccc2Cl)n1. The monoisotopic (exact) mass is 359 g/mol. The number of carbonyl (C=O) groups is 1. The van der Waals surface area contributed by atoms with E-state index in [1.165, 1.54) is 25.2 Å². The van der Waals surface area contributed by atoms with Crippen molar-refractivity contribution in [3.05, 3.63) is 41.3 Å². The number of sulfonamides is 1. The van der Waals surface area contributed by atoms with E-state index in [1.807, 2.05) is 5.32 Å². The first-order chi connectivity index (χ1) is 10.8. The van der Waals surface area contributed by atoms with Gasteiger partial charge in [0.15, 0.2) is 0 Å². The van der Waals surface area contributed by atoms with Gasteiger partial charge in [-0.3, -0.25) is 5.32 Å². The molecule has 0 spiro atoms. The van der Waals surface area contributed by atoms with Crippen molar-refractivity contribution < 1.29 is 17.6 Å². The molecule has 0 radical (unpaired) electrons. The summed E-state index contributed by atoms with van der Waals surface area (Å²) in [5, 5.41) is 4.54. The molecule has 1 aromatic heterocycles. The van der Waals surface area contributed by atoms with E-state index >= 15 is 0 Å². The van der Waals surface area contributed by atoms with Crippen LogP contribution in [-0.4, -0.2) is 31.5 Å². The standard InChI is InChI=1S/C12H11ClFN5O3S/c1-15-10-6-9(14)16-11(17-10)18-12(20)19-23(21,22)8-5-3-2-4-7(8)13/h2-6H,1H3,(H3,15,16,17,18,19,20). The van der Waals surface area contributed by atoms with Crippen molar-refractivity contribution in [1.29, 1.82) is 0 Å². The summed E-state index contributed by atoms with van der Waals surface area (Å²) < 4.78 is 39.1. The smallest absolute Gasteiger partial charge is 0.335 e. The van der Waals surface area contributed by atoms with Crippen LogP contribution in [0, 0.1) is 5.95 Å². The fourth-order valence-corrected chi connectivity index (χ4v) is 3.00. The molecule has 0 saturated carbocycles. The van der Waals surface area contributed by atoms with Gasteiger partial charge in [0.25, 0.3) is 10.0 Å². The Morgan fingerprint density at radius 1 is 1.26 bits per heavy atom. The van der Waals surface area contributed by atoms with Crippen molar-refractivity contribution in [2.45, 2.75) is 4.90 Å². The lowest BCUT2D eigenvalue weighted by molar-refractivity contribution is 0.256. The molecule has 3 N–H and O–H groups in total. The maximum absolute atomic E-state index is 13.2. The van der Waals surface area contributed by atoms with Crippen LogP contribution in [0.25, 0.3) is 0 Å². The first kappa shape index (κ1) is 16.9. The molecule has 0 fully saturated rings. The average Bonchev–Trinajstić information content (AvgIpc) is 2.46. The Kier molecular flexibility index (Phi) is 4.96. The van der Waals surface area contributed by atoms with E-state index in [0.29, 0.717) is 0 Å². The third kappa shape index (κ3) is 4.27. The average molecular weight is 360 g/mol. The molecule has 0 aliphatic carbocycles. The van der Waals surface area contributed by atoms with Crippen molar-refractivity contribution in [2.24, 2.45) is 0 Å². The van der Waals surface area contributed by atoms with Gasteiger partial charge < -0.3 is 5.32 Å². The highest BCUT2D eigenvalue weighted by Crippen LogP contribution is 2.20. The first-order valence-electron chi connectivity index (χ1n) is 6.12. The van der Waals surface area contributed by atoms with E-state index in [1.54, 1.807) is 10.8 Å². The predicted molar refractivity (Wildman–Crippen MR) is 82.3 cm³/mol. The maximum Gasteiger partial charge on any atom is 0.335 e. The molecular formula is C12H11ClFN5O3S. The van der Waals surface area contributed by atoms with Gasteiger partial charge in [-0.2, -0.15) is 14.4 Å². The highest BCUT2D eigenvalue weighted by Gasteiger charge is 2.21. The van der Waals surface area contributed by atoms with Gasteiger partial charge in [-0.15, -0.1) is 0 Å². The number of carbonyl (C=O) groups excluding carboxylic acids is 1. The molecule has 122 valence electrons. The van der Waals surface area contributed by atoms with Crippen LogP contribution in [-0.2, 0) is 10.0 Å². The van der Waals surface area contributed by atoms with Crippen LogP contribution < -0.4 is 15.4 Å². The van der Waals surface area contributed by atoms with Crippen LogP contribution in [0.15, 0.2) is 35.2 Å². The molecule has 0 unspecified atom stereocenters. The molecular weight excluding hydrogens is 349 g/mol. The molecule has 0 saturated heterocycles. The minimum absolute atomic E-state index is 0.0488. The van der Waals surface area contributed by atoms with Crippen molar-refractivity contribution in [3.63, 3.8) is 0 Å². The Morgan fingerprint density at radius 3 is 2.61 bits per heavy atom. The zero-order valence-corrected chi connectivity index (χ0v) is 13.2. The van der Waals surface area contributed by atoms with Crippen LogP contribution >= 0.6 is 11.6 Å². The fraction of sp³-hybridized carbons (Fsp3) is 0.0833. The Balaban J connectivity index is 2.16. The van der Waals surface area contributed by atoms with Gasteiger partial charge >= 0.3 is 6.03 Å². The Bertz CT molecular complexity index is 846. The minimum atomic E-state index is -4.20. The van der Waals surface area contributed by atoms with E-state index < -0.39 is 28.0 Å². The Morgan fingerprint density at radius 2 is 1.96 bits per heavy atom. The number of nitrogens with zero attached hydrogens (tertiary/aromatic N) is 2. The van der Waals surface area contributed by atoms with E-state index in [2.05, 4.69) is 15.3 Å². The number of halogens is 2. The molecule has 2 amide bonds. The number of rotatable bonds is 4. The van der Waals surface area contributed by atoms with Crippen molar-refractivity contribution in [1.82, 2.24) is 14.7 Å². The zero-order valence-electron chi connectivity index (χ0n) is 11.7. The highest BCUT2D eigenvalue weighted by atomic mass is 35.5. The summed E-state index contributed by atoms with van der Waals surface area (Å²) >= 11 is 5.78. The maximum atomic E-state index is 13.2. The van der Waals surface area contributed by atoms with Gasteiger partial charge in [0.05, 0.1) is 5.02 Å². The topological polar surface area (TPSA) is 113 Å². The van der Waals surface area contributed by atoms with Gasteiger partial charge in [0.1, 0.15) is 10.7 Å². The number of hydrogen-bond donors (Lipinski definition) is 3. The molecule has 0 bridgehead atoms. The molecule has 23 heavy (non-hydrogen) atoms. The normalized spacial score (nSPS) is 10.9. The van der Waals surface area contributed by atoms with E-state index in [9.17, 15) is 17.6 Å². The number of urea groups is 1. The highest BCUT2D eigenvalue weighted by molar-refractivity contribution is 7.90. The van der Waals surface area contributed by atoms with Crippen LogP contribution in [0.4, 0.5) is 21.0 Å². The van der Waals surface area contributed by atoms with Gasteiger partial charge in [0, 0.05) is 13.1 Å². The van der Waals surface area contributed by atoms with Crippen LogP contribution in [0.1, 0.15) is 0 Å². The molecule has 1 heterocycles. The lowest BCUT2D eigenvalue weighted by Crippen LogP contribution is -2.35. The summed E-state index contributed by atoms with van der Waals surface area (Å²) in [6.45, 7) is 0. The molecule has 11 heteroatoms. The van der Waals surface area contributed by atoms with E-state index in [4.69, 9.17) is 11.6 Å². The van der Waals surface area contributed by atoms with Gasteiger partial charge in [-0.05, 0) is 12.1 Å². The number of anilines is 2. The largest absolute Gasteiger partial charge is 0.373 e. The molecule has 0 aliphatic rings. The summed E-state index contributed by atoms with van der Waals surface area (Å²) in [7, 11) is -2.70.